The molecule has 110 valence electrons. The standard InChI is InChI=1S/C13H12ClIN4O2/c1-2-16-12-6-9(19(20)21)7-13(18-12)17-11-4-3-8(14)5-10(11)15/h3-7H,2H2,1H3,(H2,16,17,18). The van der Waals surface area contributed by atoms with Crippen molar-refractivity contribution in [2.75, 3.05) is 17.2 Å². The molecule has 0 radical (unpaired) electrons. The van der Waals surface area contributed by atoms with Crippen molar-refractivity contribution in [1.29, 1.82) is 0 Å². The van der Waals surface area contributed by atoms with Crippen molar-refractivity contribution in [3.05, 3.63) is 49.0 Å². The number of pyridine rings is 1. The molecule has 6 nitrogen and oxygen atoms in total. The maximum Gasteiger partial charge on any atom is 0.276 e. The van der Waals surface area contributed by atoms with Gasteiger partial charge in [-0.1, -0.05) is 11.6 Å². The molecule has 0 aliphatic carbocycles. The van der Waals surface area contributed by atoms with Crippen molar-refractivity contribution in [1.82, 2.24) is 4.98 Å². The monoisotopic (exact) mass is 418 g/mol. The number of hydrogen-bond acceptors (Lipinski definition) is 5. The molecular weight excluding hydrogens is 407 g/mol. The maximum absolute atomic E-state index is 11.0. The summed E-state index contributed by atoms with van der Waals surface area (Å²) in [5.41, 5.74) is 0.767. The number of nitro groups is 1. The molecule has 1 heterocycles. The van der Waals surface area contributed by atoms with E-state index in [1.165, 1.54) is 12.1 Å². The minimum Gasteiger partial charge on any atom is -0.370 e. The zero-order valence-electron chi connectivity index (χ0n) is 11.1. The predicted octanol–water partition coefficient (Wildman–Crippen LogP) is 4.42. The summed E-state index contributed by atoms with van der Waals surface area (Å²) in [6, 6.07) is 8.15. The highest BCUT2D eigenvalue weighted by molar-refractivity contribution is 14.1. The van der Waals surface area contributed by atoms with E-state index in [1.807, 2.05) is 6.92 Å². The molecule has 1 aromatic carbocycles. The number of nitrogens with zero attached hydrogens (tertiary/aromatic N) is 2. The Bertz CT molecular complexity index is 681. The molecule has 8 heteroatoms. The number of nitrogens with one attached hydrogen (secondary N) is 2. The average molecular weight is 419 g/mol. The first-order valence-corrected chi connectivity index (χ1v) is 7.57. The highest BCUT2D eigenvalue weighted by Crippen LogP contribution is 2.27. The summed E-state index contributed by atoms with van der Waals surface area (Å²) in [4.78, 5) is 14.8. The van der Waals surface area contributed by atoms with Gasteiger partial charge in [0.05, 0.1) is 22.7 Å². The summed E-state index contributed by atoms with van der Waals surface area (Å²) < 4.78 is 0.901. The number of anilines is 3. The van der Waals surface area contributed by atoms with Gasteiger partial charge in [0.2, 0.25) is 0 Å². The van der Waals surface area contributed by atoms with Gasteiger partial charge in [-0.05, 0) is 47.7 Å². The highest BCUT2D eigenvalue weighted by Gasteiger charge is 2.12. The molecule has 0 fully saturated rings. The Kier molecular flexibility index (Phi) is 5.18. The Hall–Kier alpha value is -1.61. The SMILES string of the molecule is CCNc1cc([N+](=O)[O-])cc(Nc2ccc(Cl)cc2I)n1. The molecule has 0 unspecified atom stereocenters. The molecule has 0 aliphatic rings. The summed E-state index contributed by atoms with van der Waals surface area (Å²) in [6.45, 7) is 2.53. The molecular formula is C13H12ClIN4O2. The van der Waals surface area contributed by atoms with Crippen LogP contribution in [-0.4, -0.2) is 16.5 Å². The Labute approximate surface area is 140 Å². The van der Waals surface area contributed by atoms with Crippen LogP contribution in [0.2, 0.25) is 5.02 Å². The quantitative estimate of drug-likeness (QED) is 0.427. The van der Waals surface area contributed by atoms with E-state index in [-0.39, 0.29) is 5.69 Å². The van der Waals surface area contributed by atoms with Crippen molar-refractivity contribution in [3.63, 3.8) is 0 Å². The second kappa shape index (κ2) is 6.90. The number of aromatic nitrogens is 1. The van der Waals surface area contributed by atoms with Crippen LogP contribution in [-0.2, 0) is 0 Å². The molecule has 2 aromatic rings. The topological polar surface area (TPSA) is 80.1 Å². The van der Waals surface area contributed by atoms with Gasteiger partial charge in [-0.3, -0.25) is 10.1 Å². The third-order valence-corrected chi connectivity index (χ3v) is 3.70. The van der Waals surface area contributed by atoms with Crippen LogP contribution in [0.5, 0.6) is 0 Å². The first-order valence-electron chi connectivity index (χ1n) is 6.12. The third-order valence-electron chi connectivity index (χ3n) is 2.57. The molecule has 0 amide bonds. The van der Waals surface area contributed by atoms with Gasteiger partial charge < -0.3 is 10.6 Å². The van der Waals surface area contributed by atoms with E-state index in [0.717, 1.165) is 9.26 Å². The summed E-state index contributed by atoms with van der Waals surface area (Å²) in [6.07, 6.45) is 0. The molecule has 0 atom stereocenters. The number of halogens is 2. The lowest BCUT2D eigenvalue weighted by molar-refractivity contribution is -0.384. The van der Waals surface area contributed by atoms with E-state index in [2.05, 4.69) is 38.2 Å². The third kappa shape index (κ3) is 4.18. The Morgan fingerprint density at radius 2 is 2.05 bits per heavy atom. The molecule has 2 rings (SSSR count). The summed E-state index contributed by atoms with van der Waals surface area (Å²) in [5, 5.41) is 17.7. The number of hydrogen-bond donors (Lipinski definition) is 2. The van der Waals surface area contributed by atoms with E-state index in [9.17, 15) is 10.1 Å². The van der Waals surface area contributed by atoms with Crippen LogP contribution in [0.3, 0.4) is 0 Å². The zero-order valence-corrected chi connectivity index (χ0v) is 14.0. The molecule has 1 aromatic heterocycles. The van der Waals surface area contributed by atoms with Crippen LogP contribution >= 0.6 is 34.2 Å². The molecule has 21 heavy (non-hydrogen) atoms. The van der Waals surface area contributed by atoms with E-state index in [1.54, 1.807) is 18.2 Å². The normalized spacial score (nSPS) is 10.2. The van der Waals surface area contributed by atoms with Crippen molar-refractivity contribution in [2.45, 2.75) is 6.92 Å². The highest BCUT2D eigenvalue weighted by atomic mass is 127. The molecule has 0 saturated heterocycles. The van der Waals surface area contributed by atoms with E-state index in [0.29, 0.717) is 23.2 Å². The summed E-state index contributed by atoms with van der Waals surface area (Å²) in [7, 11) is 0. The Morgan fingerprint density at radius 1 is 1.33 bits per heavy atom. The van der Waals surface area contributed by atoms with E-state index in [4.69, 9.17) is 11.6 Å². The predicted molar refractivity (Wildman–Crippen MR) is 92.5 cm³/mol. The van der Waals surface area contributed by atoms with Gasteiger partial charge in [0.15, 0.2) is 0 Å². The van der Waals surface area contributed by atoms with Crippen molar-refractivity contribution in [3.8, 4) is 0 Å². The molecule has 0 bridgehead atoms. The number of benzene rings is 1. The second-order valence-electron chi connectivity index (χ2n) is 4.13. The van der Waals surface area contributed by atoms with Crippen LogP contribution in [0, 0.1) is 13.7 Å². The molecule has 0 saturated carbocycles. The molecule has 0 spiro atoms. The first kappa shape index (κ1) is 15.8. The van der Waals surface area contributed by atoms with Crippen molar-refractivity contribution >= 4 is 57.2 Å². The van der Waals surface area contributed by atoms with Gasteiger partial charge in [-0.2, -0.15) is 0 Å². The van der Waals surface area contributed by atoms with Gasteiger partial charge in [0, 0.05) is 15.1 Å². The van der Waals surface area contributed by atoms with E-state index >= 15 is 0 Å². The minimum atomic E-state index is -0.444. The lowest BCUT2D eigenvalue weighted by atomic mass is 10.3. The molecule has 2 N–H and O–H groups in total. The van der Waals surface area contributed by atoms with Crippen molar-refractivity contribution < 1.29 is 4.92 Å². The minimum absolute atomic E-state index is 0.0209. The van der Waals surface area contributed by atoms with Crippen LogP contribution in [0.1, 0.15) is 6.92 Å². The Morgan fingerprint density at radius 3 is 2.67 bits per heavy atom. The zero-order chi connectivity index (χ0) is 15.4. The summed E-state index contributed by atoms with van der Waals surface area (Å²) >= 11 is 8.04. The average Bonchev–Trinajstić information content (AvgIpc) is 2.42. The van der Waals surface area contributed by atoms with Gasteiger partial charge in [0.25, 0.3) is 5.69 Å². The maximum atomic E-state index is 11.0. The van der Waals surface area contributed by atoms with Gasteiger partial charge >= 0.3 is 0 Å². The lowest BCUT2D eigenvalue weighted by Crippen LogP contribution is -2.04. The molecule has 0 aliphatic heterocycles. The first-order chi connectivity index (χ1) is 9.99. The van der Waals surface area contributed by atoms with Crippen LogP contribution in [0.4, 0.5) is 23.0 Å². The lowest BCUT2D eigenvalue weighted by Gasteiger charge is -2.10. The fourth-order valence-electron chi connectivity index (χ4n) is 1.69. The van der Waals surface area contributed by atoms with E-state index < -0.39 is 4.92 Å². The van der Waals surface area contributed by atoms with Crippen LogP contribution in [0.25, 0.3) is 0 Å². The number of rotatable bonds is 5. The largest absolute Gasteiger partial charge is 0.370 e. The van der Waals surface area contributed by atoms with Gasteiger partial charge in [0.1, 0.15) is 11.6 Å². The smallest absolute Gasteiger partial charge is 0.276 e. The van der Waals surface area contributed by atoms with Crippen LogP contribution < -0.4 is 10.6 Å². The Balaban J connectivity index is 2.36. The van der Waals surface area contributed by atoms with Gasteiger partial charge in [-0.25, -0.2) is 4.98 Å². The fourth-order valence-corrected chi connectivity index (χ4v) is 2.69. The van der Waals surface area contributed by atoms with Crippen molar-refractivity contribution in [2.24, 2.45) is 0 Å². The van der Waals surface area contributed by atoms with Gasteiger partial charge in [-0.15, -0.1) is 0 Å². The summed E-state index contributed by atoms with van der Waals surface area (Å²) in [5.74, 6) is 0.860. The second-order valence-corrected chi connectivity index (χ2v) is 5.73. The fraction of sp³-hybridized carbons (Fsp3) is 0.154. The van der Waals surface area contributed by atoms with Crippen LogP contribution in [0.15, 0.2) is 30.3 Å².